The van der Waals surface area contributed by atoms with E-state index in [1.807, 2.05) is 11.3 Å². The predicted molar refractivity (Wildman–Crippen MR) is 223 cm³/mol. The fourth-order valence-corrected chi connectivity index (χ4v) is 9.59. The standard InChI is InChI=1S/C50H30S/c1-2-12-32-27-36(24-23-31(32)11-1)49-40-15-4-6-17-42(40)50(43-18-7-5-16-41(43)49)44-21-9-14-33-28-45-34(29-46(33)44)25-26-38-37(45)19-10-20-39(38)48-30-35-13-3-8-22-47(35)51-48/h1-30H. The summed E-state index contributed by atoms with van der Waals surface area (Å²) in [6, 6.07) is 67.6. The van der Waals surface area contributed by atoms with Crippen molar-refractivity contribution in [3.8, 4) is 32.7 Å². The molecule has 0 nitrogen and oxygen atoms in total. The molecule has 0 amide bonds. The van der Waals surface area contributed by atoms with Crippen molar-refractivity contribution in [1.29, 1.82) is 0 Å². The normalized spacial score (nSPS) is 11.9. The third kappa shape index (κ3) is 4.39. The van der Waals surface area contributed by atoms with E-state index in [1.165, 1.54) is 107 Å². The van der Waals surface area contributed by atoms with Crippen LogP contribution in [0, 0.1) is 0 Å². The summed E-state index contributed by atoms with van der Waals surface area (Å²) in [7, 11) is 0. The summed E-state index contributed by atoms with van der Waals surface area (Å²) < 4.78 is 1.33. The van der Waals surface area contributed by atoms with Crippen LogP contribution in [-0.4, -0.2) is 0 Å². The minimum Gasteiger partial charge on any atom is -0.135 e. The Bertz CT molecular complexity index is 3110. The Hall–Kier alpha value is -6.28. The van der Waals surface area contributed by atoms with E-state index in [0.29, 0.717) is 0 Å². The van der Waals surface area contributed by atoms with E-state index in [1.54, 1.807) is 0 Å². The van der Waals surface area contributed by atoms with Gasteiger partial charge in [-0.15, -0.1) is 11.3 Å². The summed E-state index contributed by atoms with van der Waals surface area (Å²) in [5, 5.41) is 16.6. The highest BCUT2D eigenvalue weighted by atomic mass is 32.1. The van der Waals surface area contributed by atoms with Gasteiger partial charge in [0.1, 0.15) is 0 Å². The van der Waals surface area contributed by atoms with Gasteiger partial charge in [-0.3, -0.25) is 0 Å². The Morgan fingerprint density at radius 3 is 1.63 bits per heavy atom. The van der Waals surface area contributed by atoms with Crippen molar-refractivity contribution < 1.29 is 0 Å². The zero-order chi connectivity index (χ0) is 33.5. The maximum Gasteiger partial charge on any atom is 0.0361 e. The zero-order valence-corrected chi connectivity index (χ0v) is 28.5. The highest BCUT2D eigenvalue weighted by molar-refractivity contribution is 7.22. The summed E-state index contributed by atoms with van der Waals surface area (Å²) >= 11 is 1.87. The maximum atomic E-state index is 2.42. The van der Waals surface area contributed by atoms with E-state index >= 15 is 0 Å². The molecule has 0 aliphatic carbocycles. The van der Waals surface area contributed by atoms with Crippen LogP contribution in [0.25, 0.3) is 107 Å². The lowest BCUT2D eigenvalue weighted by molar-refractivity contribution is 1.69. The van der Waals surface area contributed by atoms with Crippen molar-refractivity contribution in [1.82, 2.24) is 0 Å². The predicted octanol–water partition coefficient (Wildman–Crippen LogP) is 14.8. The smallest absolute Gasteiger partial charge is 0.0361 e. The monoisotopic (exact) mass is 662 g/mol. The van der Waals surface area contributed by atoms with Gasteiger partial charge in [0.2, 0.25) is 0 Å². The molecule has 11 aromatic rings. The number of hydrogen-bond acceptors (Lipinski definition) is 1. The molecule has 10 aromatic carbocycles. The van der Waals surface area contributed by atoms with Crippen molar-refractivity contribution in [2.75, 3.05) is 0 Å². The maximum absolute atomic E-state index is 2.42. The molecule has 236 valence electrons. The molecule has 1 aromatic heterocycles. The Labute approximate surface area is 299 Å². The van der Waals surface area contributed by atoms with E-state index in [-0.39, 0.29) is 0 Å². The molecule has 1 heterocycles. The molecule has 0 fully saturated rings. The highest BCUT2D eigenvalue weighted by Crippen LogP contribution is 2.47. The molecule has 1 heteroatoms. The van der Waals surface area contributed by atoms with Gasteiger partial charge in [-0.05, 0) is 128 Å². The van der Waals surface area contributed by atoms with Gasteiger partial charge in [0.25, 0.3) is 0 Å². The van der Waals surface area contributed by atoms with Crippen LogP contribution in [0.15, 0.2) is 182 Å². The van der Waals surface area contributed by atoms with Gasteiger partial charge in [0.15, 0.2) is 0 Å². The molecule has 0 aliphatic rings. The van der Waals surface area contributed by atoms with Crippen molar-refractivity contribution in [3.05, 3.63) is 182 Å². The summed E-state index contributed by atoms with van der Waals surface area (Å²) in [5.41, 5.74) is 6.41. The fraction of sp³-hybridized carbons (Fsp3) is 0. The molecule has 0 unspecified atom stereocenters. The summed E-state index contributed by atoms with van der Waals surface area (Å²) in [6.45, 7) is 0. The first-order chi connectivity index (χ1) is 25.3. The Morgan fingerprint density at radius 1 is 0.275 bits per heavy atom. The first-order valence-corrected chi connectivity index (χ1v) is 18.4. The van der Waals surface area contributed by atoms with E-state index in [4.69, 9.17) is 0 Å². The summed E-state index contributed by atoms with van der Waals surface area (Å²) in [4.78, 5) is 1.31. The number of benzene rings is 10. The van der Waals surface area contributed by atoms with Gasteiger partial charge in [-0.2, -0.15) is 0 Å². The molecule has 0 radical (unpaired) electrons. The zero-order valence-electron chi connectivity index (χ0n) is 27.7. The van der Waals surface area contributed by atoms with Gasteiger partial charge in [-0.25, -0.2) is 0 Å². The van der Waals surface area contributed by atoms with Crippen molar-refractivity contribution in [3.63, 3.8) is 0 Å². The van der Waals surface area contributed by atoms with Crippen molar-refractivity contribution >= 4 is 86.1 Å². The minimum atomic E-state index is 1.25. The van der Waals surface area contributed by atoms with Crippen LogP contribution >= 0.6 is 11.3 Å². The molecule has 0 N–H and O–H groups in total. The lowest BCUT2D eigenvalue weighted by Crippen LogP contribution is -1.92. The quantitative estimate of drug-likeness (QED) is 0.130. The minimum absolute atomic E-state index is 1.25. The molecule has 0 bridgehead atoms. The van der Waals surface area contributed by atoms with Crippen molar-refractivity contribution in [2.45, 2.75) is 0 Å². The summed E-state index contributed by atoms with van der Waals surface area (Å²) in [5.74, 6) is 0. The average Bonchev–Trinajstić information content (AvgIpc) is 3.63. The highest BCUT2D eigenvalue weighted by Gasteiger charge is 2.19. The van der Waals surface area contributed by atoms with E-state index in [9.17, 15) is 0 Å². The summed E-state index contributed by atoms with van der Waals surface area (Å²) in [6.07, 6.45) is 0. The van der Waals surface area contributed by atoms with Crippen LogP contribution in [-0.2, 0) is 0 Å². The number of fused-ring (bicyclic) bond motifs is 8. The second kappa shape index (κ2) is 11.1. The first kappa shape index (κ1) is 28.5. The molecular formula is C50H30S. The number of rotatable bonds is 3. The average molecular weight is 663 g/mol. The van der Waals surface area contributed by atoms with Crippen LogP contribution in [0.2, 0.25) is 0 Å². The second-order valence-electron chi connectivity index (χ2n) is 13.6. The Kier molecular flexibility index (Phi) is 6.22. The Balaban J connectivity index is 1.16. The molecule has 51 heavy (non-hydrogen) atoms. The molecule has 0 saturated carbocycles. The molecular weight excluding hydrogens is 633 g/mol. The van der Waals surface area contributed by atoms with E-state index < -0.39 is 0 Å². The van der Waals surface area contributed by atoms with Crippen LogP contribution in [0.1, 0.15) is 0 Å². The largest absolute Gasteiger partial charge is 0.135 e. The van der Waals surface area contributed by atoms with E-state index in [0.717, 1.165) is 0 Å². The van der Waals surface area contributed by atoms with Crippen LogP contribution in [0.3, 0.4) is 0 Å². The van der Waals surface area contributed by atoms with Gasteiger partial charge >= 0.3 is 0 Å². The number of hydrogen-bond donors (Lipinski definition) is 0. The third-order valence-corrected chi connectivity index (χ3v) is 12.0. The lowest BCUT2D eigenvalue weighted by Gasteiger charge is -2.19. The fourth-order valence-electron chi connectivity index (χ4n) is 8.49. The SMILES string of the molecule is c1ccc2cc(-c3c4ccccc4c(-c4cccc5cc6c(ccc7c(-c8cc9ccccc9s8)cccc76)cc45)c4ccccc34)ccc2c1. The van der Waals surface area contributed by atoms with Gasteiger partial charge < -0.3 is 0 Å². The van der Waals surface area contributed by atoms with Gasteiger partial charge in [0.05, 0.1) is 0 Å². The molecule has 0 aliphatic heterocycles. The van der Waals surface area contributed by atoms with Gasteiger partial charge in [0, 0.05) is 9.58 Å². The van der Waals surface area contributed by atoms with E-state index in [2.05, 4.69) is 182 Å². The lowest BCUT2D eigenvalue weighted by atomic mass is 9.84. The second-order valence-corrected chi connectivity index (χ2v) is 14.7. The molecule has 0 atom stereocenters. The van der Waals surface area contributed by atoms with Crippen molar-refractivity contribution in [2.24, 2.45) is 0 Å². The Morgan fingerprint density at radius 2 is 0.843 bits per heavy atom. The number of thiophene rings is 1. The van der Waals surface area contributed by atoms with Crippen LogP contribution < -0.4 is 0 Å². The molecule has 0 saturated heterocycles. The van der Waals surface area contributed by atoms with Crippen LogP contribution in [0.5, 0.6) is 0 Å². The topological polar surface area (TPSA) is 0 Å². The molecule has 0 spiro atoms. The molecule has 11 rings (SSSR count). The third-order valence-electron chi connectivity index (χ3n) is 10.8. The first-order valence-electron chi connectivity index (χ1n) is 17.6. The van der Waals surface area contributed by atoms with Crippen LogP contribution in [0.4, 0.5) is 0 Å². The van der Waals surface area contributed by atoms with Gasteiger partial charge in [-0.1, -0.05) is 152 Å².